The number of amides is 1. The van der Waals surface area contributed by atoms with Crippen molar-refractivity contribution in [1.82, 2.24) is 10.2 Å². The number of fused-ring (bicyclic) bond motifs is 1. The van der Waals surface area contributed by atoms with Crippen LogP contribution < -0.4 is 19.1 Å². The van der Waals surface area contributed by atoms with Gasteiger partial charge in [-0.25, -0.2) is 0 Å². The molecule has 236 valence electrons. The van der Waals surface area contributed by atoms with Crippen LogP contribution in [0.5, 0.6) is 17.2 Å². The molecule has 3 heterocycles. The highest BCUT2D eigenvalue weighted by molar-refractivity contribution is 8.00. The lowest BCUT2D eigenvalue weighted by molar-refractivity contribution is -0.132. The minimum absolute atomic E-state index is 0.0857. The summed E-state index contributed by atoms with van der Waals surface area (Å²) in [5, 5.41) is 21.2. The maximum atomic E-state index is 13.8. The Kier molecular flexibility index (Phi) is 8.84. The molecule has 1 unspecified atom stereocenters. The van der Waals surface area contributed by atoms with Crippen LogP contribution in [-0.2, 0) is 21.9 Å². The van der Waals surface area contributed by atoms with Gasteiger partial charge in [-0.3, -0.25) is 14.5 Å². The van der Waals surface area contributed by atoms with E-state index in [9.17, 15) is 14.7 Å². The van der Waals surface area contributed by atoms with Crippen LogP contribution in [0, 0.1) is 0 Å². The molecule has 1 atom stereocenters. The Bertz CT molecular complexity index is 1980. The average molecular weight is 684 g/mol. The van der Waals surface area contributed by atoms with Crippen molar-refractivity contribution in [2.45, 2.75) is 22.7 Å². The topological polar surface area (TPSA) is 111 Å². The summed E-state index contributed by atoms with van der Waals surface area (Å²) >= 11 is 8.67. The summed E-state index contributed by atoms with van der Waals surface area (Å²) in [6, 6.07) is 28.3. The molecule has 5 aromatic rings. The number of nitrogens with zero attached hydrogens (tertiary/aromatic N) is 3. The first-order valence-electron chi connectivity index (χ1n) is 14.6. The summed E-state index contributed by atoms with van der Waals surface area (Å²) in [6.07, 6.45) is 0. The second-order valence-corrected chi connectivity index (χ2v) is 13.3. The highest BCUT2D eigenvalue weighted by Gasteiger charge is 2.48. The van der Waals surface area contributed by atoms with Gasteiger partial charge in [-0.1, -0.05) is 89.3 Å². The Morgan fingerprint density at radius 1 is 0.915 bits per heavy atom. The number of carbonyl (C=O) groups is 2. The zero-order valence-corrected chi connectivity index (χ0v) is 27.1. The third-order valence-electron chi connectivity index (χ3n) is 7.56. The molecule has 1 saturated heterocycles. The Morgan fingerprint density at radius 2 is 1.70 bits per heavy atom. The smallest absolute Gasteiger partial charge is 0.301 e. The van der Waals surface area contributed by atoms with Gasteiger partial charge in [0.05, 0.1) is 11.6 Å². The number of benzene rings is 4. The Balaban J connectivity index is 1.25. The van der Waals surface area contributed by atoms with Crippen LogP contribution in [0.15, 0.2) is 107 Å². The molecule has 12 heteroatoms. The normalized spacial score (nSPS) is 16.8. The molecule has 0 saturated carbocycles. The molecule has 1 aromatic heterocycles. The van der Waals surface area contributed by atoms with Gasteiger partial charge in [0.1, 0.15) is 31.3 Å². The molecule has 2 aliphatic rings. The average Bonchev–Trinajstić information content (AvgIpc) is 3.68. The van der Waals surface area contributed by atoms with Crippen LogP contribution >= 0.6 is 34.7 Å². The molecule has 1 N–H and O–H groups in total. The van der Waals surface area contributed by atoms with E-state index in [0.29, 0.717) is 63.3 Å². The molecule has 9 nitrogen and oxygen atoms in total. The van der Waals surface area contributed by atoms with E-state index in [1.54, 1.807) is 42.5 Å². The van der Waals surface area contributed by atoms with Gasteiger partial charge in [0.15, 0.2) is 15.8 Å². The van der Waals surface area contributed by atoms with Gasteiger partial charge in [0.25, 0.3) is 5.78 Å². The monoisotopic (exact) mass is 683 g/mol. The van der Waals surface area contributed by atoms with Crippen molar-refractivity contribution in [2.75, 3.05) is 18.1 Å². The third kappa shape index (κ3) is 6.55. The zero-order valence-electron chi connectivity index (χ0n) is 24.7. The molecule has 0 spiro atoms. The number of thioether (sulfide) groups is 1. The number of carbonyl (C=O) groups excluding carboxylic acids is 2. The van der Waals surface area contributed by atoms with Gasteiger partial charge in [-0.05, 0) is 59.2 Å². The van der Waals surface area contributed by atoms with Gasteiger partial charge in [-0.15, -0.1) is 10.2 Å². The quantitative estimate of drug-likeness (QED) is 0.0556. The highest BCUT2D eigenvalue weighted by atomic mass is 35.5. The van der Waals surface area contributed by atoms with E-state index in [1.165, 1.54) is 28.0 Å². The van der Waals surface area contributed by atoms with E-state index in [2.05, 4.69) is 10.2 Å². The molecule has 1 amide bonds. The molecular weight excluding hydrogens is 658 g/mol. The number of rotatable bonds is 9. The number of aliphatic hydroxyl groups excluding tert-OH is 1. The van der Waals surface area contributed by atoms with E-state index >= 15 is 0 Å². The summed E-state index contributed by atoms with van der Waals surface area (Å²) in [6.45, 7) is 1.09. The standard InChI is InChI=1S/C35H26ClN3O6S2/c36-25-12-9-22(10-13-25)20-46-35-38-37-34(47-35)39-30(23-7-4-8-26(17-23)45-19-21-5-2-1-3-6-21)29(32(41)33(39)42)31(40)24-11-14-27-28(18-24)44-16-15-43-27/h1-14,17-18,30,40H,15-16,19-20H2. The van der Waals surface area contributed by atoms with Crippen molar-refractivity contribution in [3.63, 3.8) is 0 Å². The number of aliphatic hydroxyl groups is 1. The van der Waals surface area contributed by atoms with Crippen molar-refractivity contribution < 1.29 is 28.9 Å². The fourth-order valence-electron chi connectivity index (χ4n) is 5.29. The fraction of sp³-hybridized carbons (Fsp3) is 0.143. The molecule has 0 bridgehead atoms. The van der Waals surface area contributed by atoms with Crippen LogP contribution in [0.2, 0.25) is 5.02 Å². The predicted molar refractivity (Wildman–Crippen MR) is 180 cm³/mol. The van der Waals surface area contributed by atoms with Crippen LogP contribution in [-0.4, -0.2) is 40.2 Å². The molecule has 4 aromatic carbocycles. The highest BCUT2D eigenvalue weighted by Crippen LogP contribution is 2.45. The number of halogens is 1. The molecule has 1 fully saturated rings. The first kappa shape index (κ1) is 30.8. The number of Topliss-reactive ketones (excluding diaryl/α,β-unsaturated/α-hetero) is 1. The first-order chi connectivity index (χ1) is 22.9. The number of ketones is 1. The number of hydrogen-bond acceptors (Lipinski definition) is 10. The van der Waals surface area contributed by atoms with Crippen LogP contribution in [0.25, 0.3) is 5.76 Å². The van der Waals surface area contributed by atoms with E-state index < -0.39 is 17.7 Å². The number of ether oxygens (including phenoxy) is 3. The lowest BCUT2D eigenvalue weighted by Crippen LogP contribution is -2.29. The minimum Gasteiger partial charge on any atom is -0.507 e. The molecule has 2 aliphatic heterocycles. The molecular formula is C35H26ClN3O6S2. The van der Waals surface area contributed by atoms with E-state index in [4.69, 9.17) is 25.8 Å². The van der Waals surface area contributed by atoms with Crippen molar-refractivity contribution in [3.05, 3.63) is 130 Å². The summed E-state index contributed by atoms with van der Waals surface area (Å²) in [7, 11) is 0. The second kappa shape index (κ2) is 13.5. The van der Waals surface area contributed by atoms with Crippen molar-refractivity contribution >= 4 is 57.3 Å². The van der Waals surface area contributed by atoms with Gasteiger partial charge in [0.2, 0.25) is 5.13 Å². The maximum Gasteiger partial charge on any atom is 0.301 e. The third-order valence-corrected chi connectivity index (χ3v) is 9.94. The van der Waals surface area contributed by atoms with Crippen LogP contribution in [0.1, 0.15) is 28.3 Å². The summed E-state index contributed by atoms with van der Waals surface area (Å²) in [5.74, 6) is 0.106. The van der Waals surface area contributed by atoms with Gasteiger partial charge >= 0.3 is 5.91 Å². The molecule has 0 radical (unpaired) electrons. The van der Waals surface area contributed by atoms with Crippen molar-refractivity contribution in [1.29, 1.82) is 0 Å². The Hall–Kier alpha value is -4.84. The molecule has 7 rings (SSSR count). The summed E-state index contributed by atoms with van der Waals surface area (Å²) in [5.41, 5.74) is 2.81. The number of aromatic nitrogens is 2. The van der Waals surface area contributed by atoms with Gasteiger partial charge in [0, 0.05) is 16.3 Å². The fourth-order valence-corrected chi connectivity index (χ4v) is 7.24. The maximum absolute atomic E-state index is 13.8. The van der Waals surface area contributed by atoms with E-state index in [0.717, 1.165) is 11.1 Å². The van der Waals surface area contributed by atoms with Crippen molar-refractivity contribution in [2.24, 2.45) is 0 Å². The lowest BCUT2D eigenvalue weighted by Gasteiger charge is -2.23. The Labute approximate surface area is 283 Å². The van der Waals surface area contributed by atoms with Crippen molar-refractivity contribution in [3.8, 4) is 17.2 Å². The van der Waals surface area contributed by atoms with E-state index in [1.807, 2.05) is 54.6 Å². The van der Waals surface area contributed by atoms with E-state index in [-0.39, 0.29) is 16.5 Å². The zero-order chi connectivity index (χ0) is 32.3. The van der Waals surface area contributed by atoms with Crippen LogP contribution in [0.3, 0.4) is 0 Å². The van der Waals surface area contributed by atoms with Crippen LogP contribution in [0.4, 0.5) is 5.13 Å². The van der Waals surface area contributed by atoms with Gasteiger partial charge < -0.3 is 19.3 Å². The minimum atomic E-state index is -1.01. The summed E-state index contributed by atoms with van der Waals surface area (Å²) in [4.78, 5) is 28.8. The number of hydrogen-bond donors (Lipinski definition) is 1. The Morgan fingerprint density at radius 3 is 2.51 bits per heavy atom. The summed E-state index contributed by atoms with van der Waals surface area (Å²) < 4.78 is 18.0. The first-order valence-corrected chi connectivity index (χ1v) is 16.8. The SMILES string of the molecule is O=C1C(=O)N(c2nnc(SCc3ccc(Cl)cc3)s2)C(c2cccc(OCc3ccccc3)c2)C1=C(O)c1ccc2c(c1)OCCO2. The molecule has 47 heavy (non-hydrogen) atoms. The second-order valence-electron chi connectivity index (χ2n) is 10.6. The molecule has 0 aliphatic carbocycles. The van der Waals surface area contributed by atoms with Gasteiger partial charge in [-0.2, -0.15) is 0 Å². The number of anilines is 1. The predicted octanol–water partition coefficient (Wildman–Crippen LogP) is 7.46. The lowest BCUT2D eigenvalue weighted by atomic mass is 9.95. The largest absolute Gasteiger partial charge is 0.507 e.